The van der Waals surface area contributed by atoms with Crippen LogP contribution < -0.4 is 15.4 Å². The molecule has 0 fully saturated rings. The van der Waals surface area contributed by atoms with Crippen LogP contribution in [0.3, 0.4) is 0 Å². The van der Waals surface area contributed by atoms with Gasteiger partial charge in [-0.3, -0.25) is 0 Å². The summed E-state index contributed by atoms with van der Waals surface area (Å²) in [4.78, 5) is 2.13. The molecule has 1 atom stereocenters. The van der Waals surface area contributed by atoms with Gasteiger partial charge in [0.1, 0.15) is 5.75 Å². The molecule has 0 aliphatic carbocycles. The summed E-state index contributed by atoms with van der Waals surface area (Å²) in [6, 6.07) is 8.08. The van der Waals surface area contributed by atoms with Gasteiger partial charge < -0.3 is 20.1 Å². The molecule has 0 amide bonds. The van der Waals surface area contributed by atoms with Gasteiger partial charge in [-0.1, -0.05) is 6.07 Å². The number of methoxy groups -OCH3 is 2. The Bertz CT molecular complexity index is 331. The van der Waals surface area contributed by atoms with Crippen LogP contribution in [0.4, 0.5) is 5.69 Å². The molecule has 17 heavy (non-hydrogen) atoms. The largest absolute Gasteiger partial charge is 0.497 e. The quantitative estimate of drug-likeness (QED) is 0.782. The van der Waals surface area contributed by atoms with Gasteiger partial charge in [0.15, 0.2) is 0 Å². The molecule has 0 aliphatic heterocycles. The van der Waals surface area contributed by atoms with E-state index in [1.165, 1.54) is 0 Å². The third-order valence-corrected chi connectivity index (χ3v) is 2.70. The van der Waals surface area contributed by atoms with Crippen LogP contribution in [0, 0.1) is 0 Å². The van der Waals surface area contributed by atoms with Gasteiger partial charge in [-0.15, -0.1) is 0 Å². The minimum absolute atomic E-state index is 0.117. The van der Waals surface area contributed by atoms with Gasteiger partial charge in [0.05, 0.1) is 7.11 Å². The Morgan fingerprint density at radius 2 is 2.12 bits per heavy atom. The second-order valence-corrected chi connectivity index (χ2v) is 4.12. The fourth-order valence-corrected chi connectivity index (χ4v) is 1.67. The Morgan fingerprint density at radius 1 is 1.35 bits per heavy atom. The molecule has 1 aromatic rings. The summed E-state index contributed by atoms with van der Waals surface area (Å²) in [5, 5.41) is 0. The van der Waals surface area contributed by atoms with Gasteiger partial charge in [0.25, 0.3) is 0 Å². The maximum atomic E-state index is 6.02. The van der Waals surface area contributed by atoms with Crippen molar-refractivity contribution in [3.63, 3.8) is 0 Å². The third kappa shape index (κ3) is 4.63. The summed E-state index contributed by atoms with van der Waals surface area (Å²) in [7, 11) is 5.39. The second-order valence-electron chi connectivity index (χ2n) is 4.12. The normalized spacial score (nSPS) is 12.2. The Morgan fingerprint density at radius 3 is 2.76 bits per heavy atom. The molecule has 0 radical (unpaired) electrons. The van der Waals surface area contributed by atoms with Crippen molar-refractivity contribution in [2.75, 3.05) is 39.3 Å². The standard InChI is InChI=1S/C13H22N2O2/c1-15(10-11(14)7-8-16-2)12-5-4-6-13(9-12)17-3/h4-6,9,11H,7-8,10,14H2,1-3H3. The zero-order valence-corrected chi connectivity index (χ0v) is 10.8. The van der Waals surface area contributed by atoms with E-state index >= 15 is 0 Å². The Labute approximate surface area is 103 Å². The van der Waals surface area contributed by atoms with Crippen LogP contribution in [0.1, 0.15) is 6.42 Å². The first-order valence-electron chi connectivity index (χ1n) is 5.77. The highest BCUT2D eigenvalue weighted by Crippen LogP contribution is 2.19. The van der Waals surface area contributed by atoms with Crippen LogP contribution >= 0.6 is 0 Å². The zero-order chi connectivity index (χ0) is 12.7. The average Bonchev–Trinajstić information content (AvgIpc) is 2.36. The summed E-state index contributed by atoms with van der Waals surface area (Å²) in [6.07, 6.45) is 0.866. The van der Waals surface area contributed by atoms with E-state index in [9.17, 15) is 0 Å². The predicted octanol–water partition coefficient (Wildman–Crippen LogP) is 1.50. The van der Waals surface area contributed by atoms with Crippen molar-refractivity contribution in [1.29, 1.82) is 0 Å². The molecule has 0 heterocycles. The van der Waals surface area contributed by atoms with E-state index in [0.717, 1.165) is 24.4 Å². The molecule has 1 unspecified atom stereocenters. The second kappa shape index (κ2) is 7.14. The van der Waals surface area contributed by atoms with Crippen LogP contribution in [0.15, 0.2) is 24.3 Å². The molecule has 4 heteroatoms. The van der Waals surface area contributed by atoms with Crippen LogP contribution in [-0.4, -0.2) is 40.5 Å². The van der Waals surface area contributed by atoms with E-state index in [0.29, 0.717) is 6.61 Å². The molecule has 1 rings (SSSR count). The first-order valence-corrected chi connectivity index (χ1v) is 5.77. The lowest BCUT2D eigenvalue weighted by atomic mass is 10.2. The Balaban J connectivity index is 2.53. The minimum atomic E-state index is 0.117. The van der Waals surface area contributed by atoms with Crippen LogP contribution in [0.5, 0.6) is 5.75 Å². The summed E-state index contributed by atoms with van der Waals surface area (Å²) in [6.45, 7) is 1.50. The number of ether oxygens (including phenoxy) is 2. The van der Waals surface area contributed by atoms with Crippen LogP contribution in [-0.2, 0) is 4.74 Å². The van der Waals surface area contributed by atoms with Crippen molar-refractivity contribution in [2.45, 2.75) is 12.5 Å². The lowest BCUT2D eigenvalue weighted by molar-refractivity contribution is 0.188. The van der Waals surface area contributed by atoms with Crippen molar-refractivity contribution in [3.8, 4) is 5.75 Å². The summed E-state index contributed by atoms with van der Waals surface area (Å²) < 4.78 is 10.2. The first-order chi connectivity index (χ1) is 8.17. The number of hydrogen-bond donors (Lipinski definition) is 1. The Kier molecular flexibility index (Phi) is 5.80. The van der Waals surface area contributed by atoms with Crippen LogP contribution in [0.2, 0.25) is 0 Å². The monoisotopic (exact) mass is 238 g/mol. The number of anilines is 1. The van der Waals surface area contributed by atoms with Crippen molar-refractivity contribution in [3.05, 3.63) is 24.3 Å². The molecule has 0 aliphatic rings. The number of nitrogens with zero attached hydrogens (tertiary/aromatic N) is 1. The van der Waals surface area contributed by atoms with E-state index < -0.39 is 0 Å². The molecular weight excluding hydrogens is 216 g/mol. The van der Waals surface area contributed by atoms with E-state index in [-0.39, 0.29) is 6.04 Å². The first kappa shape index (κ1) is 13.8. The van der Waals surface area contributed by atoms with Crippen LogP contribution in [0.25, 0.3) is 0 Å². The highest BCUT2D eigenvalue weighted by atomic mass is 16.5. The van der Waals surface area contributed by atoms with Gasteiger partial charge in [-0.05, 0) is 18.6 Å². The average molecular weight is 238 g/mol. The van der Waals surface area contributed by atoms with Gasteiger partial charge in [0.2, 0.25) is 0 Å². The fourth-order valence-electron chi connectivity index (χ4n) is 1.67. The summed E-state index contributed by atoms with van der Waals surface area (Å²) in [5.74, 6) is 0.861. The molecule has 0 bridgehead atoms. The number of rotatable bonds is 7. The number of likely N-dealkylation sites (N-methyl/N-ethyl adjacent to an activating group) is 1. The summed E-state index contributed by atoms with van der Waals surface area (Å²) >= 11 is 0. The highest BCUT2D eigenvalue weighted by Gasteiger charge is 2.08. The van der Waals surface area contributed by atoms with E-state index in [2.05, 4.69) is 4.90 Å². The SMILES string of the molecule is COCCC(N)CN(C)c1cccc(OC)c1. The van der Waals surface area contributed by atoms with Gasteiger partial charge in [0, 0.05) is 45.1 Å². The Hall–Kier alpha value is -1.26. The molecular formula is C13H22N2O2. The molecule has 96 valence electrons. The minimum Gasteiger partial charge on any atom is -0.497 e. The number of nitrogens with two attached hydrogens (primary N) is 1. The molecule has 4 nitrogen and oxygen atoms in total. The molecule has 0 saturated heterocycles. The van der Waals surface area contributed by atoms with Crippen molar-refractivity contribution >= 4 is 5.69 Å². The molecule has 0 aromatic heterocycles. The smallest absolute Gasteiger partial charge is 0.120 e. The van der Waals surface area contributed by atoms with E-state index in [1.807, 2.05) is 31.3 Å². The lowest BCUT2D eigenvalue weighted by Crippen LogP contribution is -2.36. The van der Waals surface area contributed by atoms with Gasteiger partial charge in [-0.25, -0.2) is 0 Å². The van der Waals surface area contributed by atoms with Crippen molar-refractivity contribution in [2.24, 2.45) is 5.73 Å². The van der Waals surface area contributed by atoms with Gasteiger partial charge in [-0.2, -0.15) is 0 Å². The number of hydrogen-bond acceptors (Lipinski definition) is 4. The van der Waals surface area contributed by atoms with E-state index in [4.69, 9.17) is 15.2 Å². The third-order valence-electron chi connectivity index (χ3n) is 2.70. The zero-order valence-electron chi connectivity index (χ0n) is 10.8. The summed E-state index contributed by atoms with van der Waals surface area (Å²) in [5.41, 5.74) is 7.12. The van der Waals surface area contributed by atoms with Crippen molar-refractivity contribution in [1.82, 2.24) is 0 Å². The number of benzene rings is 1. The van der Waals surface area contributed by atoms with Gasteiger partial charge >= 0.3 is 0 Å². The molecule has 0 saturated carbocycles. The molecule has 1 aromatic carbocycles. The van der Waals surface area contributed by atoms with E-state index in [1.54, 1.807) is 14.2 Å². The maximum Gasteiger partial charge on any atom is 0.120 e. The topological polar surface area (TPSA) is 47.7 Å². The highest BCUT2D eigenvalue weighted by molar-refractivity contribution is 5.50. The molecule has 2 N–H and O–H groups in total. The predicted molar refractivity (Wildman–Crippen MR) is 70.7 cm³/mol. The fraction of sp³-hybridized carbons (Fsp3) is 0.538. The molecule has 0 spiro atoms. The lowest BCUT2D eigenvalue weighted by Gasteiger charge is -2.23. The maximum absolute atomic E-state index is 6.02. The van der Waals surface area contributed by atoms with Crippen molar-refractivity contribution < 1.29 is 9.47 Å².